The minimum absolute atomic E-state index is 0.147. The number of ether oxygens (including phenoxy) is 1. The van der Waals surface area contributed by atoms with E-state index in [-0.39, 0.29) is 19.1 Å². The van der Waals surface area contributed by atoms with Gasteiger partial charge < -0.3 is 10.1 Å². The summed E-state index contributed by atoms with van der Waals surface area (Å²) < 4.78 is 30.2. The van der Waals surface area contributed by atoms with Gasteiger partial charge in [0.1, 0.15) is 4.88 Å². The maximum atomic E-state index is 12.9. The van der Waals surface area contributed by atoms with Gasteiger partial charge in [0, 0.05) is 18.0 Å². The number of esters is 1. The number of anilines is 1. The summed E-state index contributed by atoms with van der Waals surface area (Å²) in [6.07, 6.45) is 2.37. The zero-order valence-corrected chi connectivity index (χ0v) is 18.9. The number of benzene rings is 1. The lowest BCUT2D eigenvalue weighted by Gasteiger charge is -2.30. The molecule has 2 aromatic rings. The van der Waals surface area contributed by atoms with Crippen molar-refractivity contribution in [3.8, 4) is 10.4 Å². The van der Waals surface area contributed by atoms with Crippen molar-refractivity contribution in [2.45, 2.75) is 26.7 Å². The van der Waals surface area contributed by atoms with Crippen LogP contribution in [0.2, 0.25) is 0 Å². The van der Waals surface area contributed by atoms with Crippen molar-refractivity contribution in [1.82, 2.24) is 4.31 Å². The number of piperidine rings is 1. The molecule has 1 fully saturated rings. The molecule has 0 saturated carbocycles. The molecule has 1 aromatic carbocycles. The van der Waals surface area contributed by atoms with Gasteiger partial charge in [-0.3, -0.25) is 4.79 Å². The summed E-state index contributed by atoms with van der Waals surface area (Å²) in [6, 6.07) is 9.68. The van der Waals surface area contributed by atoms with E-state index in [9.17, 15) is 18.0 Å². The summed E-state index contributed by atoms with van der Waals surface area (Å²) >= 11 is 1.26. The van der Waals surface area contributed by atoms with E-state index < -0.39 is 21.9 Å². The molecular formula is C21H26N2O5S2. The van der Waals surface area contributed by atoms with Gasteiger partial charge in [-0.2, -0.15) is 0 Å². The van der Waals surface area contributed by atoms with Crippen LogP contribution >= 0.6 is 11.3 Å². The summed E-state index contributed by atoms with van der Waals surface area (Å²) in [4.78, 5) is 26.5. The van der Waals surface area contributed by atoms with E-state index in [1.54, 1.807) is 13.0 Å². The van der Waals surface area contributed by atoms with Gasteiger partial charge in [0.25, 0.3) is 0 Å². The Morgan fingerprint density at radius 1 is 1.27 bits per heavy atom. The zero-order chi connectivity index (χ0) is 21.9. The molecule has 0 aliphatic carbocycles. The lowest BCUT2D eigenvalue weighted by molar-refractivity contribution is -0.120. The maximum absolute atomic E-state index is 12.9. The molecule has 1 aromatic heterocycles. The summed E-state index contributed by atoms with van der Waals surface area (Å²) in [5.41, 5.74) is 2.47. The first-order chi connectivity index (χ1) is 14.2. The van der Waals surface area contributed by atoms with Crippen LogP contribution in [0.3, 0.4) is 0 Å². The predicted octanol–water partition coefficient (Wildman–Crippen LogP) is 3.51. The lowest BCUT2D eigenvalue weighted by atomic mass is 9.98. The fraction of sp³-hybridized carbons (Fsp3) is 0.429. The standard InChI is InChI=1S/C21H26N2O5S2/c1-4-28-21(25)19-17(12-18(29-19)15-9-7-14(2)8-10-15)22-20(24)16-6-5-11-23(13-16)30(3,26)27/h7-10,12,16H,4-6,11,13H2,1-3H3,(H,22,24). The molecule has 30 heavy (non-hydrogen) atoms. The van der Waals surface area contributed by atoms with Crippen molar-refractivity contribution in [3.05, 3.63) is 40.8 Å². The molecule has 1 saturated heterocycles. The first kappa shape index (κ1) is 22.5. The second-order valence-corrected chi connectivity index (χ2v) is 10.4. The topological polar surface area (TPSA) is 92.8 Å². The smallest absolute Gasteiger partial charge is 0.350 e. The third-order valence-electron chi connectivity index (χ3n) is 5.01. The Kier molecular flexibility index (Phi) is 6.95. The minimum atomic E-state index is -3.35. The first-order valence-electron chi connectivity index (χ1n) is 9.83. The van der Waals surface area contributed by atoms with E-state index in [4.69, 9.17) is 4.74 Å². The van der Waals surface area contributed by atoms with Crippen LogP contribution in [0.15, 0.2) is 30.3 Å². The molecule has 1 atom stereocenters. The zero-order valence-electron chi connectivity index (χ0n) is 17.3. The lowest BCUT2D eigenvalue weighted by Crippen LogP contribution is -2.43. The number of rotatable bonds is 6. The molecule has 162 valence electrons. The number of sulfonamides is 1. The van der Waals surface area contributed by atoms with Gasteiger partial charge in [0.05, 0.1) is 24.5 Å². The Hall–Kier alpha value is -2.23. The summed E-state index contributed by atoms with van der Waals surface area (Å²) in [5.74, 6) is -1.24. The Balaban J connectivity index is 1.85. The van der Waals surface area contributed by atoms with Gasteiger partial charge in [-0.25, -0.2) is 17.5 Å². The van der Waals surface area contributed by atoms with Gasteiger partial charge in [-0.05, 0) is 38.3 Å². The third-order valence-corrected chi connectivity index (χ3v) is 7.44. The predicted molar refractivity (Wildman–Crippen MR) is 118 cm³/mol. The van der Waals surface area contributed by atoms with Crippen LogP contribution in [0.5, 0.6) is 0 Å². The minimum Gasteiger partial charge on any atom is -0.462 e. The van der Waals surface area contributed by atoms with Crippen molar-refractivity contribution in [2.24, 2.45) is 5.92 Å². The number of hydrogen-bond acceptors (Lipinski definition) is 6. The first-order valence-corrected chi connectivity index (χ1v) is 12.5. The Bertz CT molecular complexity index is 1030. The van der Waals surface area contributed by atoms with Crippen molar-refractivity contribution < 1.29 is 22.7 Å². The van der Waals surface area contributed by atoms with E-state index in [1.807, 2.05) is 31.2 Å². The van der Waals surface area contributed by atoms with Crippen molar-refractivity contribution in [1.29, 1.82) is 0 Å². The van der Waals surface area contributed by atoms with Crippen LogP contribution in [0, 0.1) is 12.8 Å². The van der Waals surface area contributed by atoms with Gasteiger partial charge in [-0.15, -0.1) is 11.3 Å². The SMILES string of the molecule is CCOC(=O)c1sc(-c2ccc(C)cc2)cc1NC(=O)C1CCCN(S(C)(=O)=O)C1. The monoisotopic (exact) mass is 450 g/mol. The van der Waals surface area contributed by atoms with Crippen LogP contribution in [0.25, 0.3) is 10.4 Å². The van der Waals surface area contributed by atoms with Crippen LogP contribution in [-0.4, -0.2) is 50.6 Å². The highest BCUT2D eigenvalue weighted by Gasteiger charge is 2.31. The molecule has 0 radical (unpaired) electrons. The summed E-state index contributed by atoms with van der Waals surface area (Å²) in [5, 5.41) is 2.84. The van der Waals surface area contributed by atoms with E-state index in [2.05, 4.69) is 5.32 Å². The van der Waals surface area contributed by atoms with Crippen molar-refractivity contribution in [3.63, 3.8) is 0 Å². The van der Waals surface area contributed by atoms with Crippen LogP contribution in [-0.2, 0) is 19.6 Å². The molecule has 1 amide bonds. The quantitative estimate of drug-likeness (QED) is 0.680. The number of thiophene rings is 1. The van der Waals surface area contributed by atoms with Crippen molar-refractivity contribution in [2.75, 3.05) is 31.3 Å². The van der Waals surface area contributed by atoms with E-state index in [0.717, 1.165) is 22.3 Å². The van der Waals surface area contributed by atoms with Crippen LogP contribution < -0.4 is 5.32 Å². The van der Waals surface area contributed by atoms with Crippen molar-refractivity contribution >= 4 is 38.9 Å². The molecule has 3 rings (SSSR count). The van der Waals surface area contributed by atoms with Crippen LogP contribution in [0.4, 0.5) is 5.69 Å². The Morgan fingerprint density at radius 2 is 1.97 bits per heavy atom. The number of nitrogens with zero attached hydrogens (tertiary/aromatic N) is 1. The van der Waals surface area contributed by atoms with Gasteiger partial charge in [-0.1, -0.05) is 29.8 Å². The molecule has 1 aliphatic rings. The largest absolute Gasteiger partial charge is 0.462 e. The second kappa shape index (κ2) is 9.28. The highest BCUT2D eigenvalue weighted by Crippen LogP contribution is 2.36. The molecule has 2 heterocycles. The molecule has 1 N–H and O–H groups in total. The van der Waals surface area contributed by atoms with Crippen LogP contribution in [0.1, 0.15) is 35.0 Å². The van der Waals surface area contributed by atoms with Gasteiger partial charge in [0.15, 0.2) is 0 Å². The Labute approximate surface area is 181 Å². The Morgan fingerprint density at radius 3 is 2.60 bits per heavy atom. The van der Waals surface area contributed by atoms with E-state index in [1.165, 1.54) is 15.6 Å². The number of amides is 1. The molecular weight excluding hydrogens is 424 g/mol. The third kappa shape index (κ3) is 5.27. The molecule has 9 heteroatoms. The molecule has 7 nitrogen and oxygen atoms in total. The summed E-state index contributed by atoms with van der Waals surface area (Å²) in [7, 11) is -3.35. The highest BCUT2D eigenvalue weighted by atomic mass is 32.2. The number of nitrogens with one attached hydrogen (secondary N) is 1. The normalized spacial score (nSPS) is 17.5. The second-order valence-electron chi connectivity index (χ2n) is 7.39. The molecule has 0 bridgehead atoms. The fourth-order valence-electron chi connectivity index (χ4n) is 3.38. The van der Waals surface area contributed by atoms with Gasteiger partial charge in [0.2, 0.25) is 15.9 Å². The number of aryl methyl sites for hydroxylation is 1. The molecule has 0 spiro atoms. The maximum Gasteiger partial charge on any atom is 0.350 e. The molecule has 1 aliphatic heterocycles. The highest BCUT2D eigenvalue weighted by molar-refractivity contribution is 7.88. The summed E-state index contributed by atoms with van der Waals surface area (Å²) in [6.45, 7) is 4.53. The fourth-order valence-corrected chi connectivity index (χ4v) is 5.31. The average Bonchev–Trinajstić information content (AvgIpc) is 3.12. The van der Waals surface area contributed by atoms with E-state index >= 15 is 0 Å². The van der Waals surface area contributed by atoms with E-state index in [0.29, 0.717) is 30.0 Å². The number of carbonyl (C=O) groups excluding carboxylic acids is 2. The van der Waals surface area contributed by atoms with Gasteiger partial charge >= 0.3 is 5.97 Å². The number of carbonyl (C=O) groups is 2. The number of hydrogen-bond donors (Lipinski definition) is 1. The average molecular weight is 451 g/mol. The molecule has 1 unspecified atom stereocenters.